The van der Waals surface area contributed by atoms with Crippen LogP contribution in [0.3, 0.4) is 0 Å². The number of hydrogen-bond acceptors (Lipinski definition) is 6. The highest BCUT2D eigenvalue weighted by molar-refractivity contribution is 5.42. The molecule has 0 bridgehead atoms. The maximum absolute atomic E-state index is 5.75. The lowest BCUT2D eigenvalue weighted by Gasteiger charge is -2.14. The van der Waals surface area contributed by atoms with E-state index in [-0.39, 0.29) is 5.92 Å². The molecule has 0 radical (unpaired) electrons. The predicted molar refractivity (Wildman–Crippen MR) is 78.9 cm³/mol. The number of furan rings is 1. The largest absolute Gasteiger partial charge is 0.459 e. The summed E-state index contributed by atoms with van der Waals surface area (Å²) < 4.78 is 11.0. The summed E-state index contributed by atoms with van der Waals surface area (Å²) in [6.07, 6.45) is 4.45. The van der Waals surface area contributed by atoms with Gasteiger partial charge in [-0.2, -0.15) is 0 Å². The van der Waals surface area contributed by atoms with E-state index >= 15 is 0 Å². The number of pyridine rings is 1. The minimum atomic E-state index is 0.278. The van der Waals surface area contributed by atoms with E-state index in [1.165, 1.54) is 0 Å². The monoisotopic (exact) mass is 296 g/mol. The first-order valence-electron chi connectivity index (χ1n) is 7.38. The molecular weight excluding hydrogens is 280 g/mol. The summed E-state index contributed by atoms with van der Waals surface area (Å²) in [5.41, 5.74) is 1.09. The van der Waals surface area contributed by atoms with E-state index in [2.05, 4.69) is 26.1 Å². The number of hydrogen-bond donors (Lipinski definition) is 0. The van der Waals surface area contributed by atoms with Gasteiger partial charge in [0.05, 0.1) is 17.9 Å². The van der Waals surface area contributed by atoms with Crippen LogP contribution >= 0.6 is 0 Å². The topological polar surface area (TPSA) is 68.2 Å². The Bertz CT molecular complexity index is 724. The Morgan fingerprint density at radius 2 is 2.18 bits per heavy atom. The Labute approximate surface area is 127 Å². The molecule has 0 unspecified atom stereocenters. The van der Waals surface area contributed by atoms with Gasteiger partial charge in [0.2, 0.25) is 5.89 Å². The molecular formula is C16H16N4O2. The van der Waals surface area contributed by atoms with Gasteiger partial charge < -0.3 is 8.83 Å². The van der Waals surface area contributed by atoms with Gasteiger partial charge in [-0.1, -0.05) is 6.07 Å². The molecule has 6 nitrogen and oxygen atoms in total. The Kier molecular flexibility index (Phi) is 3.44. The van der Waals surface area contributed by atoms with Crippen LogP contribution in [-0.4, -0.2) is 33.2 Å². The van der Waals surface area contributed by atoms with E-state index in [1.807, 2.05) is 30.5 Å². The summed E-state index contributed by atoms with van der Waals surface area (Å²) in [5, 5.41) is 8.25. The van der Waals surface area contributed by atoms with Crippen LogP contribution in [0.15, 0.2) is 51.6 Å². The van der Waals surface area contributed by atoms with Crippen LogP contribution in [0.4, 0.5) is 0 Å². The van der Waals surface area contributed by atoms with Gasteiger partial charge in [0.15, 0.2) is 5.76 Å². The lowest BCUT2D eigenvalue weighted by atomic mass is 10.1. The van der Waals surface area contributed by atoms with E-state index in [9.17, 15) is 0 Å². The molecule has 112 valence electrons. The molecule has 0 aliphatic carbocycles. The van der Waals surface area contributed by atoms with Crippen molar-refractivity contribution < 1.29 is 8.83 Å². The Balaban J connectivity index is 1.42. The van der Waals surface area contributed by atoms with E-state index in [1.54, 1.807) is 6.26 Å². The van der Waals surface area contributed by atoms with Crippen molar-refractivity contribution in [3.05, 3.63) is 54.4 Å². The SMILES string of the molecule is c1ccc(CN2CC[C@H](c3nnc(-c4ccco4)o3)C2)nc1. The highest BCUT2D eigenvalue weighted by Gasteiger charge is 2.28. The molecule has 0 spiro atoms. The molecule has 4 heterocycles. The Morgan fingerprint density at radius 1 is 1.18 bits per heavy atom. The molecule has 6 heteroatoms. The van der Waals surface area contributed by atoms with Crippen molar-refractivity contribution in [3.63, 3.8) is 0 Å². The molecule has 1 aliphatic rings. The van der Waals surface area contributed by atoms with Crippen molar-refractivity contribution in [1.29, 1.82) is 0 Å². The standard InChI is InChI=1S/C16H16N4O2/c1-2-7-17-13(4-1)11-20-8-6-12(10-20)15-18-19-16(22-15)14-5-3-9-21-14/h1-5,7,9,12H,6,8,10-11H2/t12-/m0/s1. The molecule has 1 saturated heterocycles. The maximum Gasteiger partial charge on any atom is 0.283 e. The lowest BCUT2D eigenvalue weighted by molar-refractivity contribution is 0.316. The number of rotatable bonds is 4. The lowest BCUT2D eigenvalue weighted by Crippen LogP contribution is -2.20. The third kappa shape index (κ3) is 2.65. The fraction of sp³-hybridized carbons (Fsp3) is 0.312. The number of likely N-dealkylation sites (tertiary alicyclic amines) is 1. The second-order valence-electron chi connectivity index (χ2n) is 5.46. The molecule has 4 rings (SSSR count). The minimum absolute atomic E-state index is 0.278. The van der Waals surface area contributed by atoms with Crippen molar-refractivity contribution in [2.75, 3.05) is 13.1 Å². The van der Waals surface area contributed by atoms with Crippen molar-refractivity contribution in [1.82, 2.24) is 20.1 Å². The molecule has 3 aromatic heterocycles. The quantitative estimate of drug-likeness (QED) is 0.737. The molecule has 0 N–H and O–H groups in total. The fourth-order valence-electron chi connectivity index (χ4n) is 2.80. The highest BCUT2D eigenvalue weighted by Crippen LogP contribution is 2.29. The van der Waals surface area contributed by atoms with Crippen LogP contribution in [0.25, 0.3) is 11.7 Å². The molecule has 22 heavy (non-hydrogen) atoms. The molecule has 3 aromatic rings. The molecule has 1 fully saturated rings. The molecule has 0 aromatic carbocycles. The average molecular weight is 296 g/mol. The van der Waals surface area contributed by atoms with Gasteiger partial charge in [0.1, 0.15) is 0 Å². The fourth-order valence-corrected chi connectivity index (χ4v) is 2.80. The van der Waals surface area contributed by atoms with Crippen molar-refractivity contribution >= 4 is 0 Å². The van der Waals surface area contributed by atoms with Crippen molar-refractivity contribution in [3.8, 4) is 11.7 Å². The van der Waals surface area contributed by atoms with E-state index < -0.39 is 0 Å². The van der Waals surface area contributed by atoms with Gasteiger partial charge in [-0.3, -0.25) is 9.88 Å². The second kappa shape index (κ2) is 5.73. The summed E-state index contributed by atoms with van der Waals surface area (Å²) in [5.74, 6) is 2.03. The van der Waals surface area contributed by atoms with E-state index in [0.717, 1.165) is 31.7 Å². The first-order chi connectivity index (χ1) is 10.9. The first kappa shape index (κ1) is 13.2. The Hall–Kier alpha value is -2.47. The van der Waals surface area contributed by atoms with Gasteiger partial charge >= 0.3 is 0 Å². The number of nitrogens with zero attached hydrogens (tertiary/aromatic N) is 4. The summed E-state index contributed by atoms with van der Waals surface area (Å²) in [6.45, 7) is 2.78. The van der Waals surface area contributed by atoms with Crippen LogP contribution in [0.2, 0.25) is 0 Å². The van der Waals surface area contributed by atoms with Crippen molar-refractivity contribution in [2.45, 2.75) is 18.9 Å². The van der Waals surface area contributed by atoms with Crippen LogP contribution in [0.5, 0.6) is 0 Å². The zero-order valence-corrected chi connectivity index (χ0v) is 12.1. The van der Waals surface area contributed by atoms with Gasteiger partial charge in [-0.25, -0.2) is 0 Å². The normalized spacial score (nSPS) is 18.8. The average Bonchev–Trinajstić information content (AvgIpc) is 3.29. The molecule has 1 atom stereocenters. The van der Waals surface area contributed by atoms with Crippen LogP contribution < -0.4 is 0 Å². The molecule has 0 saturated carbocycles. The summed E-state index contributed by atoms with van der Waals surface area (Å²) >= 11 is 0. The zero-order chi connectivity index (χ0) is 14.8. The zero-order valence-electron chi connectivity index (χ0n) is 12.1. The van der Waals surface area contributed by atoms with Gasteiger partial charge in [0, 0.05) is 19.3 Å². The van der Waals surface area contributed by atoms with Gasteiger partial charge in [0.25, 0.3) is 5.89 Å². The second-order valence-corrected chi connectivity index (χ2v) is 5.46. The highest BCUT2D eigenvalue weighted by atomic mass is 16.4. The third-order valence-electron chi connectivity index (χ3n) is 3.91. The number of aromatic nitrogens is 3. The smallest absolute Gasteiger partial charge is 0.283 e. The van der Waals surface area contributed by atoms with Crippen molar-refractivity contribution in [2.24, 2.45) is 0 Å². The van der Waals surface area contributed by atoms with Crippen LogP contribution in [-0.2, 0) is 6.54 Å². The minimum Gasteiger partial charge on any atom is -0.459 e. The van der Waals surface area contributed by atoms with Gasteiger partial charge in [-0.15, -0.1) is 10.2 Å². The molecule has 1 aliphatic heterocycles. The predicted octanol–water partition coefficient (Wildman–Crippen LogP) is 2.71. The third-order valence-corrected chi connectivity index (χ3v) is 3.91. The Morgan fingerprint density at radius 3 is 3.00 bits per heavy atom. The van der Waals surface area contributed by atoms with Gasteiger partial charge in [-0.05, 0) is 37.2 Å². The van der Waals surface area contributed by atoms with Crippen LogP contribution in [0.1, 0.15) is 23.9 Å². The van der Waals surface area contributed by atoms with E-state index in [0.29, 0.717) is 17.5 Å². The first-order valence-corrected chi connectivity index (χ1v) is 7.38. The van der Waals surface area contributed by atoms with Crippen LogP contribution in [0, 0.1) is 0 Å². The molecule has 0 amide bonds. The summed E-state index contributed by atoms with van der Waals surface area (Å²) in [6, 6.07) is 9.63. The van der Waals surface area contributed by atoms with E-state index in [4.69, 9.17) is 8.83 Å². The summed E-state index contributed by atoms with van der Waals surface area (Å²) in [7, 11) is 0. The maximum atomic E-state index is 5.75. The summed E-state index contributed by atoms with van der Waals surface area (Å²) in [4.78, 5) is 6.74.